The van der Waals surface area contributed by atoms with E-state index in [1.165, 1.54) is 6.21 Å². The summed E-state index contributed by atoms with van der Waals surface area (Å²) in [7, 11) is 0. The van der Waals surface area contributed by atoms with E-state index in [0.29, 0.717) is 33.0 Å². The van der Waals surface area contributed by atoms with Crippen molar-refractivity contribution in [2.45, 2.75) is 13.3 Å². The van der Waals surface area contributed by atoms with Crippen LogP contribution in [0.5, 0.6) is 11.5 Å². The number of carbonyl (C=O) groups is 3. The molecule has 3 aromatic carbocycles. The Labute approximate surface area is 236 Å². The highest BCUT2D eigenvalue weighted by Gasteiger charge is 2.17. The Balaban J connectivity index is 1.36. The minimum Gasteiger partial charge on any atom is -0.494 e. The quantitative estimate of drug-likeness (QED) is 0.0893. The zero-order valence-corrected chi connectivity index (χ0v) is 23.0. The molecule has 1 heterocycles. The third kappa shape index (κ3) is 7.79. The molecule has 0 atom stereocenters. The van der Waals surface area contributed by atoms with Crippen molar-refractivity contribution in [3.63, 3.8) is 0 Å². The van der Waals surface area contributed by atoms with Crippen molar-refractivity contribution in [1.82, 2.24) is 15.6 Å². The van der Waals surface area contributed by atoms with Crippen LogP contribution in [0.2, 0.25) is 0 Å². The van der Waals surface area contributed by atoms with Crippen LogP contribution in [-0.4, -0.2) is 40.8 Å². The average Bonchev–Trinajstić information content (AvgIpc) is 3.42. The first-order valence-electron chi connectivity index (χ1n) is 11.7. The predicted octanol–water partition coefficient (Wildman–Crippen LogP) is 5.06. The molecule has 0 spiro atoms. The van der Waals surface area contributed by atoms with E-state index in [-0.39, 0.29) is 10.9 Å². The molecule has 0 bridgehead atoms. The Hall–Kier alpha value is -4.42. The number of amides is 2. The van der Waals surface area contributed by atoms with Gasteiger partial charge in [0.15, 0.2) is 0 Å². The average molecular weight is 608 g/mol. The minimum atomic E-state index is -1.01. The van der Waals surface area contributed by atoms with Crippen LogP contribution in [0.4, 0.5) is 5.13 Å². The SMILES string of the molecule is CCCOc1ccc(C(=O)Oc2ccc(Br)cc2/C=N\NC(=O)C(=O)Nc2nnc(-c3ccccc3)s2)cc1. The van der Waals surface area contributed by atoms with Crippen LogP contribution in [0, 0.1) is 0 Å². The Morgan fingerprint density at radius 3 is 2.51 bits per heavy atom. The Bertz CT molecular complexity index is 1490. The highest BCUT2D eigenvalue weighted by Crippen LogP contribution is 2.26. The molecule has 0 saturated heterocycles. The van der Waals surface area contributed by atoms with Gasteiger partial charge in [0.25, 0.3) is 0 Å². The van der Waals surface area contributed by atoms with Crippen molar-refractivity contribution < 1.29 is 23.9 Å². The van der Waals surface area contributed by atoms with Crippen molar-refractivity contribution in [2.75, 3.05) is 11.9 Å². The van der Waals surface area contributed by atoms with E-state index in [4.69, 9.17) is 9.47 Å². The number of ether oxygens (including phenoxy) is 2. The van der Waals surface area contributed by atoms with Crippen LogP contribution in [0.25, 0.3) is 10.6 Å². The molecule has 0 aliphatic carbocycles. The first kappa shape index (κ1) is 27.6. The van der Waals surface area contributed by atoms with Crippen molar-refractivity contribution in [2.24, 2.45) is 5.10 Å². The van der Waals surface area contributed by atoms with E-state index < -0.39 is 17.8 Å². The van der Waals surface area contributed by atoms with Crippen LogP contribution in [0.1, 0.15) is 29.3 Å². The van der Waals surface area contributed by atoms with Crippen LogP contribution in [0.15, 0.2) is 82.4 Å². The zero-order valence-electron chi connectivity index (χ0n) is 20.6. The van der Waals surface area contributed by atoms with E-state index in [0.717, 1.165) is 23.3 Å². The molecule has 0 saturated carbocycles. The van der Waals surface area contributed by atoms with E-state index in [1.54, 1.807) is 42.5 Å². The fourth-order valence-electron chi connectivity index (χ4n) is 3.12. The number of carbonyl (C=O) groups excluding carboxylic acids is 3. The lowest BCUT2D eigenvalue weighted by atomic mass is 10.2. The molecule has 198 valence electrons. The summed E-state index contributed by atoms with van der Waals surface area (Å²) in [5, 5.41) is 14.9. The molecule has 0 radical (unpaired) electrons. The van der Waals surface area contributed by atoms with Crippen molar-refractivity contribution in [1.29, 1.82) is 0 Å². The second-order valence-corrected chi connectivity index (χ2v) is 9.77. The van der Waals surface area contributed by atoms with Gasteiger partial charge in [-0.2, -0.15) is 5.10 Å². The van der Waals surface area contributed by atoms with Gasteiger partial charge in [0, 0.05) is 15.6 Å². The molecule has 0 unspecified atom stereocenters. The third-order valence-corrected chi connectivity index (χ3v) is 6.36. The number of esters is 1. The number of nitrogens with one attached hydrogen (secondary N) is 2. The molecule has 0 aliphatic rings. The van der Waals surface area contributed by atoms with Gasteiger partial charge < -0.3 is 9.47 Å². The van der Waals surface area contributed by atoms with Gasteiger partial charge in [-0.1, -0.05) is 64.5 Å². The normalized spacial score (nSPS) is 10.7. The second kappa shape index (κ2) is 13.4. The molecule has 39 heavy (non-hydrogen) atoms. The fraction of sp³-hybridized carbons (Fsp3) is 0.111. The lowest BCUT2D eigenvalue weighted by molar-refractivity contribution is -0.136. The van der Waals surface area contributed by atoms with Crippen LogP contribution >= 0.6 is 27.3 Å². The summed E-state index contributed by atoms with van der Waals surface area (Å²) in [6.45, 7) is 2.59. The standard InChI is InChI=1S/C27H22BrN5O5S/c1-2-14-37-21-11-8-18(9-12-21)26(36)38-22-13-10-20(28)15-19(22)16-29-31-24(35)23(34)30-27-33-32-25(39-27)17-6-4-3-5-7-17/h3-13,15-16H,2,14H2,1H3,(H,31,35)(H,30,33,34)/b29-16-. The molecule has 4 rings (SSSR count). The van der Waals surface area contributed by atoms with Gasteiger partial charge in [0.1, 0.15) is 16.5 Å². The van der Waals surface area contributed by atoms with Gasteiger partial charge in [0.05, 0.1) is 18.4 Å². The Morgan fingerprint density at radius 1 is 1.00 bits per heavy atom. The summed E-state index contributed by atoms with van der Waals surface area (Å²) in [4.78, 5) is 37.2. The molecule has 0 aliphatic heterocycles. The molecule has 2 amide bonds. The molecule has 4 aromatic rings. The molecule has 12 heteroatoms. The van der Waals surface area contributed by atoms with Gasteiger partial charge in [-0.15, -0.1) is 10.2 Å². The molecule has 2 N–H and O–H groups in total. The Morgan fingerprint density at radius 2 is 1.77 bits per heavy atom. The molecular formula is C27H22BrN5O5S. The van der Waals surface area contributed by atoms with Crippen LogP contribution in [-0.2, 0) is 9.59 Å². The van der Waals surface area contributed by atoms with Crippen molar-refractivity contribution in [3.05, 3.63) is 88.4 Å². The summed E-state index contributed by atoms with van der Waals surface area (Å²) < 4.78 is 11.8. The number of hydrazone groups is 1. The number of rotatable bonds is 9. The predicted molar refractivity (Wildman–Crippen MR) is 151 cm³/mol. The smallest absolute Gasteiger partial charge is 0.343 e. The molecule has 0 fully saturated rings. The first-order valence-corrected chi connectivity index (χ1v) is 13.3. The molecule has 10 nitrogen and oxygen atoms in total. The maximum atomic E-state index is 12.7. The minimum absolute atomic E-state index is 0.170. The van der Waals surface area contributed by atoms with E-state index in [2.05, 4.69) is 42.0 Å². The topological polar surface area (TPSA) is 132 Å². The van der Waals surface area contributed by atoms with Gasteiger partial charge in [-0.05, 0) is 48.9 Å². The zero-order chi connectivity index (χ0) is 27.6. The third-order valence-electron chi connectivity index (χ3n) is 4.98. The lowest BCUT2D eigenvalue weighted by Crippen LogP contribution is -2.32. The highest BCUT2D eigenvalue weighted by atomic mass is 79.9. The maximum absolute atomic E-state index is 12.7. The number of hydrogen-bond donors (Lipinski definition) is 2. The van der Waals surface area contributed by atoms with Crippen LogP contribution < -0.4 is 20.2 Å². The van der Waals surface area contributed by atoms with Gasteiger partial charge in [0.2, 0.25) is 5.13 Å². The largest absolute Gasteiger partial charge is 0.494 e. The molecule has 1 aromatic heterocycles. The Kier molecular flexibility index (Phi) is 9.48. The van der Waals surface area contributed by atoms with E-state index in [9.17, 15) is 14.4 Å². The highest BCUT2D eigenvalue weighted by molar-refractivity contribution is 9.10. The first-order chi connectivity index (χ1) is 18.9. The summed E-state index contributed by atoms with van der Waals surface area (Å²) in [6, 6.07) is 20.9. The monoisotopic (exact) mass is 607 g/mol. The summed E-state index contributed by atoms with van der Waals surface area (Å²) in [5.74, 6) is -1.69. The number of benzene rings is 3. The van der Waals surface area contributed by atoms with Crippen LogP contribution in [0.3, 0.4) is 0 Å². The van der Waals surface area contributed by atoms with Crippen molar-refractivity contribution in [3.8, 4) is 22.1 Å². The number of aromatic nitrogens is 2. The van der Waals surface area contributed by atoms with E-state index >= 15 is 0 Å². The number of anilines is 1. The summed E-state index contributed by atoms with van der Waals surface area (Å²) in [5.41, 5.74) is 3.71. The van der Waals surface area contributed by atoms with E-state index in [1.807, 2.05) is 37.3 Å². The maximum Gasteiger partial charge on any atom is 0.343 e. The summed E-state index contributed by atoms with van der Waals surface area (Å²) in [6.07, 6.45) is 2.14. The lowest BCUT2D eigenvalue weighted by Gasteiger charge is -2.09. The summed E-state index contributed by atoms with van der Waals surface area (Å²) >= 11 is 4.49. The number of nitrogens with zero attached hydrogens (tertiary/aromatic N) is 3. The van der Waals surface area contributed by atoms with Crippen molar-refractivity contribution >= 4 is 56.4 Å². The van der Waals surface area contributed by atoms with Gasteiger partial charge in [-0.25, -0.2) is 10.2 Å². The second-order valence-electron chi connectivity index (χ2n) is 7.88. The number of halogens is 1. The number of hydrogen-bond acceptors (Lipinski definition) is 9. The molecular weight excluding hydrogens is 586 g/mol. The van der Waals surface area contributed by atoms with Gasteiger partial charge in [-0.3, -0.25) is 14.9 Å². The van der Waals surface area contributed by atoms with Gasteiger partial charge >= 0.3 is 17.8 Å². The fourth-order valence-corrected chi connectivity index (χ4v) is 4.24.